The lowest BCUT2D eigenvalue weighted by Gasteiger charge is -2.27. The highest BCUT2D eigenvalue weighted by Crippen LogP contribution is 2.36. The van der Waals surface area contributed by atoms with Crippen LogP contribution in [0.5, 0.6) is 0 Å². The number of aromatic nitrogens is 1. The largest absolute Gasteiger partial charge is 0.395 e. The number of halogens is 1. The van der Waals surface area contributed by atoms with Crippen molar-refractivity contribution in [3.63, 3.8) is 0 Å². The first kappa shape index (κ1) is 18.3. The average molecular weight is 322 g/mol. The Morgan fingerprint density at radius 3 is 2.52 bits per heavy atom. The van der Waals surface area contributed by atoms with Crippen molar-refractivity contribution in [2.45, 2.75) is 71.4 Å². The van der Waals surface area contributed by atoms with E-state index in [-0.39, 0.29) is 18.5 Å². The SMILES string of the molecule is CCC1CCC(c2ccc(F)c(CN[C@@H](CO)C(C)C)n2)CC1. The highest BCUT2D eigenvalue weighted by Gasteiger charge is 2.23. The van der Waals surface area contributed by atoms with Crippen LogP contribution in [0.25, 0.3) is 0 Å². The van der Waals surface area contributed by atoms with E-state index in [1.54, 1.807) is 6.07 Å². The minimum absolute atomic E-state index is 0.0279. The zero-order chi connectivity index (χ0) is 16.8. The van der Waals surface area contributed by atoms with Crippen molar-refractivity contribution in [2.24, 2.45) is 11.8 Å². The summed E-state index contributed by atoms with van der Waals surface area (Å²) in [5, 5.41) is 12.6. The van der Waals surface area contributed by atoms with Crippen LogP contribution in [0.15, 0.2) is 12.1 Å². The summed E-state index contributed by atoms with van der Waals surface area (Å²) in [4.78, 5) is 4.59. The molecule has 0 aliphatic heterocycles. The van der Waals surface area contributed by atoms with E-state index in [1.807, 2.05) is 19.9 Å². The fourth-order valence-corrected chi connectivity index (χ4v) is 3.46. The summed E-state index contributed by atoms with van der Waals surface area (Å²) >= 11 is 0. The Morgan fingerprint density at radius 1 is 1.26 bits per heavy atom. The van der Waals surface area contributed by atoms with Crippen LogP contribution >= 0.6 is 0 Å². The lowest BCUT2D eigenvalue weighted by atomic mass is 9.79. The lowest BCUT2D eigenvalue weighted by molar-refractivity contribution is 0.209. The lowest BCUT2D eigenvalue weighted by Crippen LogP contribution is -2.37. The molecule has 2 rings (SSSR count). The number of aliphatic hydroxyl groups is 1. The minimum atomic E-state index is -0.260. The summed E-state index contributed by atoms with van der Waals surface area (Å²) in [5.41, 5.74) is 1.50. The van der Waals surface area contributed by atoms with Crippen LogP contribution in [-0.4, -0.2) is 22.7 Å². The van der Waals surface area contributed by atoms with Gasteiger partial charge >= 0.3 is 0 Å². The van der Waals surface area contributed by atoms with Gasteiger partial charge in [-0.15, -0.1) is 0 Å². The zero-order valence-corrected chi connectivity index (χ0v) is 14.7. The van der Waals surface area contributed by atoms with Crippen LogP contribution in [0.3, 0.4) is 0 Å². The molecule has 1 aromatic rings. The van der Waals surface area contributed by atoms with E-state index >= 15 is 0 Å². The Bertz CT molecular complexity index is 484. The number of hydrogen-bond acceptors (Lipinski definition) is 3. The summed E-state index contributed by atoms with van der Waals surface area (Å²) < 4.78 is 14.0. The molecule has 0 unspecified atom stereocenters. The maximum atomic E-state index is 14.0. The molecule has 4 heteroatoms. The monoisotopic (exact) mass is 322 g/mol. The summed E-state index contributed by atoms with van der Waals surface area (Å²) in [6, 6.07) is 3.37. The standard InChI is InChI=1S/C19H31FN2O/c1-4-14-5-7-15(8-6-14)17-10-9-16(20)18(22-17)11-21-19(12-23)13(2)3/h9-10,13-15,19,21,23H,4-8,11-12H2,1-3H3/t14?,15?,19-/m0/s1. The first-order chi connectivity index (χ1) is 11.0. The van der Waals surface area contributed by atoms with Gasteiger partial charge in [0.05, 0.1) is 12.3 Å². The van der Waals surface area contributed by atoms with Gasteiger partial charge < -0.3 is 10.4 Å². The molecular weight excluding hydrogens is 291 g/mol. The summed E-state index contributed by atoms with van der Waals surface area (Å²) in [6.45, 7) is 6.77. The van der Waals surface area contributed by atoms with E-state index in [0.29, 0.717) is 24.1 Å². The van der Waals surface area contributed by atoms with Gasteiger partial charge in [-0.1, -0.05) is 27.2 Å². The third-order valence-electron chi connectivity index (χ3n) is 5.32. The van der Waals surface area contributed by atoms with Crippen molar-refractivity contribution >= 4 is 0 Å². The Labute approximate surface area is 139 Å². The number of nitrogens with one attached hydrogen (secondary N) is 1. The second-order valence-corrected chi connectivity index (χ2v) is 7.20. The van der Waals surface area contributed by atoms with Crippen LogP contribution in [0, 0.1) is 17.7 Å². The molecule has 1 saturated carbocycles. The molecule has 1 heterocycles. The highest BCUT2D eigenvalue weighted by atomic mass is 19.1. The number of aliphatic hydroxyl groups excluding tert-OH is 1. The molecule has 1 aromatic heterocycles. The molecule has 2 N–H and O–H groups in total. The van der Waals surface area contributed by atoms with Gasteiger partial charge in [0.2, 0.25) is 0 Å². The number of nitrogens with zero attached hydrogens (tertiary/aromatic N) is 1. The molecule has 1 aliphatic rings. The molecule has 3 nitrogen and oxygen atoms in total. The Hall–Kier alpha value is -1.00. The maximum absolute atomic E-state index is 14.0. The third kappa shape index (κ3) is 4.98. The van der Waals surface area contributed by atoms with Crippen molar-refractivity contribution < 1.29 is 9.50 Å². The molecule has 0 radical (unpaired) electrons. The summed E-state index contributed by atoms with van der Waals surface area (Å²) in [6.07, 6.45) is 6.10. The van der Waals surface area contributed by atoms with E-state index in [2.05, 4.69) is 17.2 Å². The maximum Gasteiger partial charge on any atom is 0.146 e. The first-order valence-corrected chi connectivity index (χ1v) is 9.04. The molecule has 0 bridgehead atoms. The topological polar surface area (TPSA) is 45.1 Å². The molecule has 130 valence electrons. The van der Waals surface area contributed by atoms with E-state index in [4.69, 9.17) is 0 Å². The predicted molar refractivity (Wildman–Crippen MR) is 91.7 cm³/mol. The second-order valence-electron chi connectivity index (χ2n) is 7.20. The molecule has 0 aromatic carbocycles. The Kier molecular flexibility index (Phi) is 6.97. The fourth-order valence-electron chi connectivity index (χ4n) is 3.46. The van der Waals surface area contributed by atoms with Crippen molar-refractivity contribution in [3.8, 4) is 0 Å². The van der Waals surface area contributed by atoms with Crippen molar-refractivity contribution in [3.05, 3.63) is 29.3 Å². The average Bonchev–Trinajstić information content (AvgIpc) is 2.56. The van der Waals surface area contributed by atoms with Gasteiger partial charge in [0.15, 0.2) is 0 Å². The van der Waals surface area contributed by atoms with E-state index in [1.165, 1.54) is 19.3 Å². The minimum Gasteiger partial charge on any atom is -0.395 e. The molecule has 0 amide bonds. The fraction of sp³-hybridized carbons (Fsp3) is 0.737. The normalized spacial score (nSPS) is 23.2. The summed E-state index contributed by atoms with van der Waals surface area (Å²) in [7, 11) is 0. The van der Waals surface area contributed by atoms with E-state index < -0.39 is 0 Å². The smallest absolute Gasteiger partial charge is 0.146 e. The molecule has 0 spiro atoms. The van der Waals surface area contributed by atoms with Gasteiger partial charge in [0.25, 0.3) is 0 Å². The van der Waals surface area contributed by atoms with Crippen LogP contribution in [-0.2, 0) is 6.54 Å². The third-order valence-corrected chi connectivity index (χ3v) is 5.32. The first-order valence-electron chi connectivity index (χ1n) is 9.04. The van der Waals surface area contributed by atoms with Crippen molar-refractivity contribution in [1.29, 1.82) is 0 Å². The molecule has 0 saturated heterocycles. The van der Waals surface area contributed by atoms with Crippen molar-refractivity contribution in [1.82, 2.24) is 10.3 Å². The molecule has 1 fully saturated rings. The van der Waals surface area contributed by atoms with Gasteiger partial charge in [-0.05, 0) is 49.7 Å². The van der Waals surface area contributed by atoms with E-state index in [9.17, 15) is 9.50 Å². The zero-order valence-electron chi connectivity index (χ0n) is 14.7. The van der Waals surface area contributed by atoms with E-state index in [0.717, 1.165) is 24.5 Å². The van der Waals surface area contributed by atoms with Gasteiger partial charge in [-0.3, -0.25) is 4.98 Å². The molecule has 1 atom stereocenters. The van der Waals surface area contributed by atoms with Crippen LogP contribution in [0.2, 0.25) is 0 Å². The number of hydrogen-bond donors (Lipinski definition) is 2. The Morgan fingerprint density at radius 2 is 1.96 bits per heavy atom. The number of rotatable bonds is 7. The molecule has 23 heavy (non-hydrogen) atoms. The molecular formula is C19H31FN2O. The van der Waals surface area contributed by atoms with Gasteiger partial charge in [-0.2, -0.15) is 0 Å². The second kappa shape index (κ2) is 8.74. The van der Waals surface area contributed by atoms with Crippen LogP contribution < -0.4 is 5.32 Å². The number of pyridine rings is 1. The van der Waals surface area contributed by atoms with Crippen LogP contribution in [0.1, 0.15) is 70.2 Å². The molecule has 1 aliphatic carbocycles. The quantitative estimate of drug-likeness (QED) is 0.797. The summed E-state index contributed by atoms with van der Waals surface area (Å²) in [5.74, 6) is 1.36. The highest BCUT2D eigenvalue weighted by molar-refractivity contribution is 5.17. The van der Waals surface area contributed by atoms with Crippen LogP contribution in [0.4, 0.5) is 4.39 Å². The Balaban J connectivity index is 2.01. The predicted octanol–water partition coefficient (Wildman–Crippen LogP) is 4.01. The van der Waals surface area contributed by atoms with Gasteiger partial charge in [0, 0.05) is 24.2 Å². The van der Waals surface area contributed by atoms with Crippen molar-refractivity contribution in [2.75, 3.05) is 6.61 Å². The van der Waals surface area contributed by atoms with Gasteiger partial charge in [0.1, 0.15) is 5.82 Å². The van der Waals surface area contributed by atoms with Gasteiger partial charge in [-0.25, -0.2) is 4.39 Å².